The van der Waals surface area contributed by atoms with Gasteiger partial charge in [0.05, 0.1) is 16.7 Å². The van der Waals surface area contributed by atoms with Gasteiger partial charge >= 0.3 is 23.9 Å². The fourth-order valence-corrected chi connectivity index (χ4v) is 4.38. The number of rotatable bonds is 8. The maximum absolute atomic E-state index is 13.1. The van der Waals surface area contributed by atoms with Crippen LogP contribution in [0.1, 0.15) is 31.1 Å². The van der Waals surface area contributed by atoms with Gasteiger partial charge in [0.15, 0.2) is 18.3 Å². The van der Waals surface area contributed by atoms with Gasteiger partial charge in [-0.25, -0.2) is 19.2 Å². The van der Waals surface area contributed by atoms with Crippen LogP contribution in [-0.2, 0) is 28.5 Å². The number of benzene rings is 3. The molecular weight excluding hydrogens is 520 g/mol. The number of esters is 4. The third-order valence-corrected chi connectivity index (χ3v) is 6.33. The van der Waals surface area contributed by atoms with Crippen molar-refractivity contribution < 1.29 is 48.0 Å². The molecule has 0 aliphatic carbocycles. The first-order chi connectivity index (χ1) is 19.3. The summed E-state index contributed by atoms with van der Waals surface area (Å²) in [5.74, 6) is -5.46. The molecule has 1 saturated heterocycles. The molecule has 3 aromatic rings. The Morgan fingerprint density at radius 2 is 1.20 bits per heavy atom. The van der Waals surface area contributed by atoms with Crippen LogP contribution in [0.25, 0.3) is 0 Å². The van der Waals surface area contributed by atoms with Crippen molar-refractivity contribution in [3.8, 4) is 0 Å². The van der Waals surface area contributed by atoms with Gasteiger partial charge in [0.1, 0.15) is 12.7 Å². The Kier molecular flexibility index (Phi) is 7.72. The van der Waals surface area contributed by atoms with Gasteiger partial charge in [-0.15, -0.1) is 0 Å². The molecule has 0 amide bonds. The summed E-state index contributed by atoms with van der Waals surface area (Å²) in [6, 6.07) is 24.3. The van der Waals surface area contributed by atoms with E-state index in [1.54, 1.807) is 66.7 Å². The molecule has 10 nitrogen and oxygen atoms in total. The summed E-state index contributed by atoms with van der Waals surface area (Å²) >= 11 is 0. The Morgan fingerprint density at radius 1 is 0.725 bits per heavy atom. The molecule has 3 aromatic carbocycles. The standard InChI is InChI=1S/C30H24O10/c31-23-16-17-30(35,40-23)26-25(39-29(34)21-14-8-3-9-15-21)24(38-28(33)20-12-6-2-7-13-20)22(37-26)18-36-27(32)19-10-4-1-5-11-19/h1-17,22,24-26,35H,18H2/t22-,24-,25-,26-,30?/m1/s1. The number of hydrogen-bond donors (Lipinski definition) is 1. The molecule has 10 heteroatoms. The van der Waals surface area contributed by atoms with Crippen LogP contribution in [0.15, 0.2) is 103 Å². The summed E-state index contributed by atoms with van der Waals surface area (Å²) in [5, 5.41) is 11.2. The smallest absolute Gasteiger partial charge is 0.338 e. The maximum Gasteiger partial charge on any atom is 0.338 e. The molecule has 1 fully saturated rings. The lowest BCUT2D eigenvalue weighted by atomic mass is 10.0. The molecule has 204 valence electrons. The van der Waals surface area contributed by atoms with Gasteiger partial charge in [-0.3, -0.25) is 0 Å². The first-order valence-electron chi connectivity index (χ1n) is 12.4. The van der Waals surface area contributed by atoms with Crippen LogP contribution in [-0.4, -0.2) is 65.8 Å². The Hall–Kier alpha value is -4.80. The predicted octanol–water partition coefficient (Wildman–Crippen LogP) is 2.86. The molecule has 0 spiro atoms. The van der Waals surface area contributed by atoms with E-state index in [1.165, 1.54) is 24.3 Å². The van der Waals surface area contributed by atoms with Crippen LogP contribution >= 0.6 is 0 Å². The number of aliphatic hydroxyl groups is 1. The van der Waals surface area contributed by atoms with E-state index in [4.69, 9.17) is 23.7 Å². The van der Waals surface area contributed by atoms with Crippen molar-refractivity contribution in [2.45, 2.75) is 30.2 Å². The second-order valence-electron chi connectivity index (χ2n) is 9.04. The Labute approximate surface area is 228 Å². The molecule has 0 radical (unpaired) electrons. The lowest BCUT2D eigenvalue weighted by Crippen LogP contribution is -2.51. The largest absolute Gasteiger partial charge is 0.459 e. The minimum Gasteiger partial charge on any atom is -0.459 e. The SMILES string of the molecule is O=C1C=CC(O)([C@@H]2O[C@H](COC(=O)c3ccccc3)[C@@H](OC(=O)c3ccccc3)[C@H]2OC(=O)c2ccccc2)O1. The zero-order valence-corrected chi connectivity index (χ0v) is 21.0. The van der Waals surface area contributed by atoms with Crippen LogP contribution in [0.2, 0.25) is 0 Å². The molecule has 5 atom stereocenters. The highest BCUT2D eigenvalue weighted by Gasteiger charge is 2.60. The minimum absolute atomic E-state index is 0.180. The lowest BCUT2D eigenvalue weighted by Gasteiger charge is -2.30. The average Bonchev–Trinajstić information content (AvgIpc) is 3.52. The van der Waals surface area contributed by atoms with Crippen molar-refractivity contribution in [3.63, 3.8) is 0 Å². The van der Waals surface area contributed by atoms with Crippen LogP contribution in [0.5, 0.6) is 0 Å². The third kappa shape index (κ3) is 5.78. The van der Waals surface area contributed by atoms with E-state index in [-0.39, 0.29) is 16.7 Å². The average molecular weight is 545 g/mol. The van der Waals surface area contributed by atoms with Crippen LogP contribution in [0, 0.1) is 0 Å². The molecule has 5 rings (SSSR count). The minimum atomic E-state index is -2.35. The van der Waals surface area contributed by atoms with Gasteiger partial charge in [0.25, 0.3) is 5.79 Å². The van der Waals surface area contributed by atoms with Crippen LogP contribution in [0.4, 0.5) is 0 Å². The van der Waals surface area contributed by atoms with Crippen molar-refractivity contribution in [2.75, 3.05) is 6.61 Å². The fourth-order valence-electron chi connectivity index (χ4n) is 4.38. The summed E-state index contributed by atoms with van der Waals surface area (Å²) in [6.07, 6.45) is -3.54. The highest BCUT2D eigenvalue weighted by Crippen LogP contribution is 2.37. The van der Waals surface area contributed by atoms with Gasteiger partial charge in [-0.1, -0.05) is 54.6 Å². The van der Waals surface area contributed by atoms with Crippen molar-refractivity contribution >= 4 is 23.9 Å². The topological polar surface area (TPSA) is 135 Å². The van der Waals surface area contributed by atoms with Gasteiger partial charge in [-0.05, 0) is 42.5 Å². The maximum atomic E-state index is 13.1. The molecule has 0 bridgehead atoms. The molecule has 40 heavy (non-hydrogen) atoms. The Bertz CT molecular complexity index is 1410. The van der Waals surface area contributed by atoms with Crippen molar-refractivity contribution in [1.29, 1.82) is 0 Å². The van der Waals surface area contributed by atoms with E-state index >= 15 is 0 Å². The fraction of sp³-hybridized carbons (Fsp3) is 0.200. The van der Waals surface area contributed by atoms with Gasteiger partial charge in [0, 0.05) is 6.08 Å². The zero-order valence-electron chi connectivity index (χ0n) is 21.0. The second-order valence-corrected chi connectivity index (χ2v) is 9.04. The number of ether oxygens (including phenoxy) is 5. The molecule has 0 aromatic heterocycles. The second kappa shape index (κ2) is 11.5. The monoisotopic (exact) mass is 544 g/mol. The quantitative estimate of drug-likeness (QED) is 0.333. The first kappa shape index (κ1) is 26.8. The van der Waals surface area contributed by atoms with Gasteiger partial charge in [-0.2, -0.15) is 0 Å². The summed E-state index contributed by atoms with van der Waals surface area (Å²) < 4.78 is 28.0. The highest BCUT2D eigenvalue weighted by atomic mass is 16.7. The zero-order chi connectivity index (χ0) is 28.1. The Balaban J connectivity index is 1.46. The van der Waals surface area contributed by atoms with Crippen molar-refractivity contribution in [2.24, 2.45) is 0 Å². The van der Waals surface area contributed by atoms with E-state index in [0.717, 1.165) is 12.2 Å². The summed E-state index contributed by atoms with van der Waals surface area (Å²) in [6.45, 7) is -0.440. The Morgan fingerprint density at radius 3 is 1.68 bits per heavy atom. The summed E-state index contributed by atoms with van der Waals surface area (Å²) in [5.41, 5.74) is 0.650. The number of hydrogen-bond acceptors (Lipinski definition) is 10. The third-order valence-electron chi connectivity index (χ3n) is 6.33. The van der Waals surface area contributed by atoms with E-state index in [9.17, 15) is 24.3 Å². The van der Waals surface area contributed by atoms with E-state index in [0.29, 0.717) is 0 Å². The van der Waals surface area contributed by atoms with Gasteiger partial charge < -0.3 is 28.8 Å². The number of carbonyl (C=O) groups is 4. The number of cyclic esters (lactones) is 1. The molecule has 1 unspecified atom stereocenters. The predicted molar refractivity (Wildman–Crippen MR) is 137 cm³/mol. The van der Waals surface area contributed by atoms with E-state index in [1.807, 2.05) is 0 Å². The molecule has 2 aliphatic heterocycles. The molecular formula is C30H24O10. The van der Waals surface area contributed by atoms with Crippen molar-refractivity contribution in [3.05, 3.63) is 120 Å². The van der Waals surface area contributed by atoms with E-state index < -0.39 is 60.7 Å². The molecule has 2 aliphatic rings. The van der Waals surface area contributed by atoms with E-state index in [2.05, 4.69) is 0 Å². The lowest BCUT2D eigenvalue weighted by molar-refractivity contribution is -0.230. The molecule has 0 saturated carbocycles. The van der Waals surface area contributed by atoms with Crippen LogP contribution in [0.3, 0.4) is 0 Å². The first-order valence-corrected chi connectivity index (χ1v) is 12.4. The molecule has 2 heterocycles. The van der Waals surface area contributed by atoms with Gasteiger partial charge in [0.2, 0.25) is 0 Å². The number of carbonyl (C=O) groups excluding carboxylic acids is 4. The summed E-state index contributed by atoms with van der Waals surface area (Å²) in [7, 11) is 0. The summed E-state index contributed by atoms with van der Waals surface area (Å²) in [4.78, 5) is 50.7. The highest BCUT2D eigenvalue weighted by molar-refractivity contribution is 5.91. The normalized spacial score (nSPS) is 25.2. The van der Waals surface area contributed by atoms with Crippen LogP contribution < -0.4 is 0 Å². The van der Waals surface area contributed by atoms with Crippen molar-refractivity contribution in [1.82, 2.24) is 0 Å². The molecule has 1 N–H and O–H groups in total.